The molecule has 0 atom stereocenters. The fourth-order valence-electron chi connectivity index (χ4n) is 3.19. The summed E-state index contributed by atoms with van der Waals surface area (Å²) in [5.74, 6) is 0.844. The van der Waals surface area contributed by atoms with E-state index in [0.717, 1.165) is 28.5 Å². The number of nitriles is 1. The van der Waals surface area contributed by atoms with Gasteiger partial charge in [0.05, 0.1) is 36.9 Å². The maximum atomic E-state index is 9.61. The number of aryl methyl sites for hydroxylation is 2. The molecule has 2 aromatic heterocycles. The van der Waals surface area contributed by atoms with Crippen LogP contribution in [-0.4, -0.2) is 21.0 Å². The fourth-order valence-corrected chi connectivity index (χ4v) is 3.19. The van der Waals surface area contributed by atoms with E-state index in [4.69, 9.17) is 9.84 Å². The summed E-state index contributed by atoms with van der Waals surface area (Å²) in [5, 5.41) is 14.4. The normalized spacial score (nSPS) is 11.5. The smallest absolute Gasteiger partial charge is 0.159 e. The number of aromatic nitrogens is 3. The van der Waals surface area contributed by atoms with Crippen molar-refractivity contribution in [3.63, 3.8) is 0 Å². The van der Waals surface area contributed by atoms with Crippen molar-refractivity contribution in [1.29, 1.82) is 5.26 Å². The first kappa shape index (κ1) is 18.9. The molecule has 0 fully saturated rings. The Bertz CT molecular complexity index is 925. The maximum Gasteiger partial charge on any atom is 0.159 e. The van der Waals surface area contributed by atoms with Gasteiger partial charge in [-0.15, -0.1) is 0 Å². The molecule has 3 aromatic rings. The van der Waals surface area contributed by atoms with E-state index in [1.165, 1.54) is 0 Å². The SMILES string of the molecule is Cc1ccc(C)n1-c1cc(C(C)(C)C#N)n(CCOCc2ccccc2)n1. The van der Waals surface area contributed by atoms with Gasteiger partial charge in [-0.25, -0.2) is 0 Å². The predicted molar refractivity (Wildman–Crippen MR) is 106 cm³/mol. The van der Waals surface area contributed by atoms with Gasteiger partial charge in [0.25, 0.3) is 0 Å². The Labute approximate surface area is 160 Å². The third kappa shape index (κ3) is 4.12. The predicted octanol–water partition coefficient (Wildman–Crippen LogP) is 4.31. The van der Waals surface area contributed by atoms with Crippen LogP contribution in [0, 0.1) is 25.2 Å². The highest BCUT2D eigenvalue weighted by atomic mass is 16.5. The van der Waals surface area contributed by atoms with Crippen LogP contribution in [0.1, 0.15) is 36.5 Å². The fraction of sp³-hybridized carbons (Fsp3) is 0.364. The summed E-state index contributed by atoms with van der Waals surface area (Å²) in [5.41, 5.74) is 3.67. The van der Waals surface area contributed by atoms with Crippen molar-refractivity contribution in [2.75, 3.05) is 6.61 Å². The first-order valence-corrected chi connectivity index (χ1v) is 9.19. The molecule has 0 radical (unpaired) electrons. The van der Waals surface area contributed by atoms with Crippen molar-refractivity contribution in [3.8, 4) is 11.9 Å². The summed E-state index contributed by atoms with van der Waals surface area (Å²) in [6.45, 7) is 9.67. The molecule has 0 unspecified atom stereocenters. The van der Waals surface area contributed by atoms with Crippen LogP contribution in [0.2, 0.25) is 0 Å². The summed E-state index contributed by atoms with van der Waals surface area (Å²) < 4.78 is 9.84. The van der Waals surface area contributed by atoms with Crippen molar-refractivity contribution in [3.05, 3.63) is 71.2 Å². The zero-order valence-corrected chi connectivity index (χ0v) is 16.4. The van der Waals surface area contributed by atoms with Crippen LogP contribution in [0.4, 0.5) is 0 Å². The molecule has 0 amide bonds. The molecule has 0 aliphatic heterocycles. The first-order valence-electron chi connectivity index (χ1n) is 9.19. The molecule has 27 heavy (non-hydrogen) atoms. The second-order valence-electron chi connectivity index (χ2n) is 7.34. The van der Waals surface area contributed by atoms with Crippen LogP contribution in [0.3, 0.4) is 0 Å². The largest absolute Gasteiger partial charge is 0.375 e. The monoisotopic (exact) mass is 362 g/mol. The van der Waals surface area contributed by atoms with Gasteiger partial charge in [-0.3, -0.25) is 4.68 Å². The maximum absolute atomic E-state index is 9.61. The highest BCUT2D eigenvalue weighted by Crippen LogP contribution is 2.26. The number of rotatable bonds is 7. The number of hydrogen-bond donors (Lipinski definition) is 0. The van der Waals surface area contributed by atoms with Gasteiger partial charge in [0.1, 0.15) is 0 Å². The van der Waals surface area contributed by atoms with Gasteiger partial charge in [-0.1, -0.05) is 30.3 Å². The van der Waals surface area contributed by atoms with E-state index in [9.17, 15) is 5.26 Å². The second-order valence-corrected chi connectivity index (χ2v) is 7.34. The van der Waals surface area contributed by atoms with E-state index in [1.54, 1.807) is 0 Å². The molecule has 2 heterocycles. The second kappa shape index (κ2) is 7.81. The number of benzene rings is 1. The van der Waals surface area contributed by atoms with Crippen molar-refractivity contribution in [2.45, 2.75) is 46.3 Å². The van der Waals surface area contributed by atoms with Gasteiger partial charge < -0.3 is 9.30 Å². The molecule has 0 bridgehead atoms. The van der Waals surface area contributed by atoms with Crippen molar-refractivity contribution in [1.82, 2.24) is 14.3 Å². The number of hydrogen-bond acceptors (Lipinski definition) is 3. The lowest BCUT2D eigenvalue weighted by atomic mass is 9.91. The Balaban J connectivity index is 1.80. The van der Waals surface area contributed by atoms with Crippen molar-refractivity contribution < 1.29 is 4.74 Å². The standard InChI is InChI=1S/C22H26N4O/c1-17-10-11-18(2)26(17)21-14-20(22(3,4)16-23)25(24-21)12-13-27-15-19-8-6-5-7-9-19/h5-11,14H,12-13,15H2,1-4H3. The van der Waals surface area contributed by atoms with Crippen molar-refractivity contribution in [2.24, 2.45) is 0 Å². The van der Waals surface area contributed by atoms with E-state index in [0.29, 0.717) is 19.8 Å². The average Bonchev–Trinajstić information content (AvgIpc) is 3.23. The van der Waals surface area contributed by atoms with Gasteiger partial charge in [-0.2, -0.15) is 10.4 Å². The molecular weight excluding hydrogens is 336 g/mol. The lowest BCUT2D eigenvalue weighted by Gasteiger charge is -2.17. The molecule has 0 saturated carbocycles. The highest BCUT2D eigenvalue weighted by molar-refractivity contribution is 5.37. The van der Waals surface area contributed by atoms with E-state index in [2.05, 4.69) is 36.6 Å². The molecule has 0 aliphatic carbocycles. The van der Waals surface area contributed by atoms with E-state index < -0.39 is 5.41 Å². The molecule has 1 aromatic carbocycles. The first-order chi connectivity index (χ1) is 12.9. The Morgan fingerprint density at radius 1 is 1.07 bits per heavy atom. The zero-order chi connectivity index (χ0) is 19.4. The van der Waals surface area contributed by atoms with Crippen LogP contribution >= 0.6 is 0 Å². The van der Waals surface area contributed by atoms with Crippen LogP contribution in [0.15, 0.2) is 48.5 Å². The Morgan fingerprint density at radius 3 is 2.37 bits per heavy atom. The van der Waals surface area contributed by atoms with Crippen LogP contribution < -0.4 is 0 Å². The number of ether oxygens (including phenoxy) is 1. The van der Waals surface area contributed by atoms with Gasteiger partial charge in [0.15, 0.2) is 5.82 Å². The molecule has 140 valence electrons. The summed E-state index contributed by atoms with van der Waals surface area (Å²) in [4.78, 5) is 0. The molecule has 0 aliphatic rings. The lowest BCUT2D eigenvalue weighted by Crippen LogP contribution is -2.21. The summed E-state index contributed by atoms with van der Waals surface area (Å²) in [6, 6.07) is 18.7. The molecule has 5 heteroatoms. The molecular formula is C22H26N4O. The third-order valence-corrected chi connectivity index (χ3v) is 4.75. The molecule has 5 nitrogen and oxygen atoms in total. The third-order valence-electron chi connectivity index (χ3n) is 4.75. The quantitative estimate of drug-likeness (QED) is 0.589. The minimum atomic E-state index is -0.625. The minimum absolute atomic E-state index is 0.536. The van der Waals surface area contributed by atoms with E-state index in [1.807, 2.05) is 54.9 Å². The summed E-state index contributed by atoms with van der Waals surface area (Å²) >= 11 is 0. The number of nitrogens with zero attached hydrogens (tertiary/aromatic N) is 4. The summed E-state index contributed by atoms with van der Waals surface area (Å²) in [7, 11) is 0. The Hall–Kier alpha value is -2.84. The lowest BCUT2D eigenvalue weighted by molar-refractivity contribution is 0.110. The van der Waals surface area contributed by atoms with Crippen LogP contribution in [-0.2, 0) is 23.3 Å². The topological polar surface area (TPSA) is 55.8 Å². The molecule has 3 rings (SSSR count). The molecule has 0 N–H and O–H groups in total. The van der Waals surface area contributed by atoms with Gasteiger partial charge in [0.2, 0.25) is 0 Å². The van der Waals surface area contributed by atoms with Crippen LogP contribution in [0.25, 0.3) is 5.82 Å². The van der Waals surface area contributed by atoms with Gasteiger partial charge in [-0.05, 0) is 45.4 Å². The van der Waals surface area contributed by atoms with E-state index >= 15 is 0 Å². The molecule has 0 spiro atoms. The average molecular weight is 362 g/mol. The molecule has 0 saturated heterocycles. The van der Waals surface area contributed by atoms with Crippen LogP contribution in [0.5, 0.6) is 0 Å². The van der Waals surface area contributed by atoms with Crippen molar-refractivity contribution >= 4 is 0 Å². The Morgan fingerprint density at radius 2 is 1.74 bits per heavy atom. The minimum Gasteiger partial charge on any atom is -0.375 e. The Kier molecular flexibility index (Phi) is 5.48. The highest BCUT2D eigenvalue weighted by Gasteiger charge is 2.26. The van der Waals surface area contributed by atoms with Gasteiger partial charge in [0, 0.05) is 17.5 Å². The van der Waals surface area contributed by atoms with Gasteiger partial charge >= 0.3 is 0 Å². The van der Waals surface area contributed by atoms with E-state index in [-0.39, 0.29) is 0 Å². The zero-order valence-electron chi connectivity index (χ0n) is 16.4. The summed E-state index contributed by atoms with van der Waals surface area (Å²) in [6.07, 6.45) is 0.